The molecule has 0 amide bonds. The number of imidazole rings is 1. The second kappa shape index (κ2) is 6.30. The van der Waals surface area contributed by atoms with Gasteiger partial charge < -0.3 is 9.88 Å². The maximum absolute atomic E-state index is 4.18. The van der Waals surface area contributed by atoms with Crippen LogP contribution in [0.15, 0.2) is 12.5 Å². The molecule has 1 aliphatic rings. The maximum Gasteiger partial charge on any atom is 0.0948 e. The lowest BCUT2D eigenvalue weighted by Gasteiger charge is -2.21. The van der Waals surface area contributed by atoms with E-state index in [1.807, 2.05) is 12.5 Å². The topological polar surface area (TPSA) is 29.9 Å². The molecule has 0 aliphatic carbocycles. The van der Waals surface area contributed by atoms with E-state index in [0.717, 1.165) is 24.9 Å². The molecule has 0 aromatic carbocycles. The minimum Gasteiger partial charge on any atom is -0.334 e. The molecule has 4 heteroatoms. The Morgan fingerprint density at radius 1 is 1.56 bits per heavy atom. The van der Waals surface area contributed by atoms with E-state index in [1.54, 1.807) is 0 Å². The Morgan fingerprint density at radius 3 is 3.25 bits per heavy atom. The van der Waals surface area contributed by atoms with E-state index in [9.17, 15) is 0 Å². The van der Waals surface area contributed by atoms with E-state index < -0.39 is 0 Å². The molecule has 1 fully saturated rings. The average Bonchev–Trinajstić information content (AvgIpc) is 2.78. The van der Waals surface area contributed by atoms with Crippen molar-refractivity contribution in [1.29, 1.82) is 0 Å². The van der Waals surface area contributed by atoms with Crippen molar-refractivity contribution in [2.24, 2.45) is 0 Å². The predicted octanol–water partition coefficient (Wildman–Crippen LogP) is 2.28. The van der Waals surface area contributed by atoms with Gasteiger partial charge in [0.2, 0.25) is 0 Å². The lowest BCUT2D eigenvalue weighted by atomic mass is 10.2. The molecule has 1 aromatic rings. The van der Waals surface area contributed by atoms with E-state index in [4.69, 9.17) is 0 Å². The number of nitrogens with zero attached hydrogens (tertiary/aromatic N) is 2. The molecular weight excluding hydrogens is 218 g/mol. The molecule has 2 heterocycles. The molecule has 1 aliphatic heterocycles. The molecule has 2 rings (SSSR count). The summed E-state index contributed by atoms with van der Waals surface area (Å²) in [6.07, 6.45) is 8.07. The zero-order valence-corrected chi connectivity index (χ0v) is 10.8. The summed E-state index contributed by atoms with van der Waals surface area (Å²) in [7, 11) is 0. The fourth-order valence-corrected chi connectivity index (χ4v) is 3.38. The summed E-state index contributed by atoms with van der Waals surface area (Å²) in [5.74, 6) is 1.35. The van der Waals surface area contributed by atoms with Crippen molar-refractivity contribution in [3.05, 3.63) is 18.2 Å². The Hall–Kier alpha value is -0.480. The van der Waals surface area contributed by atoms with Crippen LogP contribution in [0.5, 0.6) is 0 Å². The highest BCUT2D eigenvalue weighted by molar-refractivity contribution is 7.99. The van der Waals surface area contributed by atoms with E-state index in [-0.39, 0.29) is 0 Å². The summed E-state index contributed by atoms with van der Waals surface area (Å²) >= 11 is 2.13. The van der Waals surface area contributed by atoms with Gasteiger partial charge in [-0.25, -0.2) is 4.98 Å². The minimum absolute atomic E-state index is 0.826. The molecule has 3 nitrogen and oxygen atoms in total. The molecular formula is C12H21N3S. The van der Waals surface area contributed by atoms with Crippen LogP contribution in [-0.4, -0.2) is 27.1 Å². The number of thioether (sulfide) groups is 1. The third-order valence-electron chi connectivity index (χ3n) is 3.09. The minimum atomic E-state index is 0.826. The van der Waals surface area contributed by atoms with Crippen LogP contribution < -0.4 is 5.32 Å². The Bertz CT molecular complexity index is 305. The van der Waals surface area contributed by atoms with Crippen LogP contribution in [0.3, 0.4) is 0 Å². The number of aryl methyl sites for hydroxylation is 1. The lowest BCUT2D eigenvalue weighted by Crippen LogP contribution is -2.27. The Morgan fingerprint density at radius 2 is 2.50 bits per heavy atom. The largest absolute Gasteiger partial charge is 0.334 e. The van der Waals surface area contributed by atoms with Crippen LogP contribution in [0.4, 0.5) is 0 Å². The molecule has 0 bridgehead atoms. The van der Waals surface area contributed by atoms with E-state index in [0.29, 0.717) is 0 Å². The SMILES string of the molecule is CCn1cncc1CNCC1CCCCS1. The smallest absolute Gasteiger partial charge is 0.0948 e. The van der Waals surface area contributed by atoms with Crippen molar-refractivity contribution in [2.45, 2.75) is 44.5 Å². The molecule has 1 N–H and O–H groups in total. The van der Waals surface area contributed by atoms with Crippen molar-refractivity contribution < 1.29 is 0 Å². The van der Waals surface area contributed by atoms with Crippen molar-refractivity contribution in [2.75, 3.05) is 12.3 Å². The first-order valence-electron chi connectivity index (χ1n) is 6.21. The summed E-state index contributed by atoms with van der Waals surface area (Å²) in [5.41, 5.74) is 1.29. The number of hydrogen-bond donors (Lipinski definition) is 1. The number of hydrogen-bond acceptors (Lipinski definition) is 3. The molecule has 0 spiro atoms. The third-order valence-corrected chi connectivity index (χ3v) is 4.49. The normalized spacial score (nSPS) is 21.2. The maximum atomic E-state index is 4.18. The Balaban J connectivity index is 1.71. The van der Waals surface area contributed by atoms with Crippen molar-refractivity contribution >= 4 is 11.8 Å². The molecule has 1 aromatic heterocycles. The molecule has 0 saturated carbocycles. The highest BCUT2D eigenvalue weighted by Crippen LogP contribution is 2.24. The van der Waals surface area contributed by atoms with Crippen LogP contribution in [-0.2, 0) is 13.1 Å². The molecule has 1 saturated heterocycles. The van der Waals surface area contributed by atoms with Gasteiger partial charge in [-0.15, -0.1) is 0 Å². The first kappa shape index (κ1) is 12.0. The van der Waals surface area contributed by atoms with Gasteiger partial charge in [0.1, 0.15) is 0 Å². The molecule has 1 unspecified atom stereocenters. The number of rotatable bonds is 5. The molecule has 90 valence electrons. The monoisotopic (exact) mass is 239 g/mol. The zero-order chi connectivity index (χ0) is 11.2. The van der Waals surface area contributed by atoms with Crippen molar-refractivity contribution in [1.82, 2.24) is 14.9 Å². The second-order valence-electron chi connectivity index (χ2n) is 4.29. The first-order chi connectivity index (χ1) is 7.90. The van der Waals surface area contributed by atoms with Crippen molar-refractivity contribution in [3.63, 3.8) is 0 Å². The summed E-state index contributed by atoms with van der Waals surface area (Å²) in [5, 5.41) is 4.38. The fourth-order valence-electron chi connectivity index (χ4n) is 2.11. The number of nitrogens with one attached hydrogen (secondary N) is 1. The standard InChI is InChI=1S/C12H21N3S/c1-2-15-10-14-8-11(15)7-13-9-12-5-3-4-6-16-12/h8,10,12-13H,2-7,9H2,1H3. The van der Waals surface area contributed by atoms with Gasteiger partial charge in [-0.1, -0.05) is 6.42 Å². The summed E-state index contributed by atoms with van der Waals surface area (Å²) < 4.78 is 2.20. The zero-order valence-electron chi connectivity index (χ0n) is 9.98. The molecule has 0 radical (unpaired) electrons. The summed E-state index contributed by atoms with van der Waals surface area (Å²) in [6, 6.07) is 0. The lowest BCUT2D eigenvalue weighted by molar-refractivity contribution is 0.579. The van der Waals surface area contributed by atoms with Gasteiger partial charge in [-0.3, -0.25) is 0 Å². The van der Waals surface area contributed by atoms with Gasteiger partial charge in [0.15, 0.2) is 0 Å². The summed E-state index contributed by atoms with van der Waals surface area (Å²) in [4.78, 5) is 4.18. The van der Waals surface area contributed by atoms with Gasteiger partial charge in [0, 0.05) is 31.1 Å². The van der Waals surface area contributed by atoms with E-state index in [2.05, 4.69) is 33.6 Å². The van der Waals surface area contributed by atoms with Crippen LogP contribution >= 0.6 is 11.8 Å². The summed E-state index contributed by atoms with van der Waals surface area (Å²) in [6.45, 7) is 5.25. The average molecular weight is 239 g/mol. The Kier molecular flexibility index (Phi) is 4.72. The highest BCUT2D eigenvalue weighted by Gasteiger charge is 2.13. The number of aromatic nitrogens is 2. The molecule has 1 atom stereocenters. The van der Waals surface area contributed by atoms with Crippen LogP contribution in [0, 0.1) is 0 Å². The van der Waals surface area contributed by atoms with Crippen molar-refractivity contribution in [3.8, 4) is 0 Å². The van der Waals surface area contributed by atoms with Crippen LogP contribution in [0.1, 0.15) is 31.9 Å². The van der Waals surface area contributed by atoms with Gasteiger partial charge in [0.05, 0.1) is 12.0 Å². The second-order valence-corrected chi connectivity index (χ2v) is 5.70. The highest BCUT2D eigenvalue weighted by atomic mass is 32.2. The first-order valence-corrected chi connectivity index (χ1v) is 7.26. The van der Waals surface area contributed by atoms with Crippen LogP contribution in [0.25, 0.3) is 0 Å². The Labute approximate surface area is 102 Å². The van der Waals surface area contributed by atoms with Gasteiger partial charge >= 0.3 is 0 Å². The van der Waals surface area contributed by atoms with Crippen LogP contribution in [0.2, 0.25) is 0 Å². The molecule has 16 heavy (non-hydrogen) atoms. The fraction of sp³-hybridized carbons (Fsp3) is 0.750. The van der Waals surface area contributed by atoms with Gasteiger partial charge in [-0.2, -0.15) is 11.8 Å². The van der Waals surface area contributed by atoms with Gasteiger partial charge in [-0.05, 0) is 25.5 Å². The predicted molar refractivity (Wildman–Crippen MR) is 69.7 cm³/mol. The van der Waals surface area contributed by atoms with E-state index in [1.165, 1.54) is 30.7 Å². The van der Waals surface area contributed by atoms with E-state index >= 15 is 0 Å². The third kappa shape index (κ3) is 3.25. The quantitative estimate of drug-likeness (QED) is 0.855. The van der Waals surface area contributed by atoms with Gasteiger partial charge in [0.25, 0.3) is 0 Å².